The Hall–Kier alpha value is -2.99. The number of carbonyl (C=O) groups is 1. The monoisotopic (exact) mass is 398 g/mol. The average molecular weight is 398 g/mol. The van der Waals surface area contributed by atoms with Crippen molar-refractivity contribution in [3.05, 3.63) is 44.1 Å². The molecule has 0 aliphatic carbocycles. The number of fused-ring (bicyclic) bond motifs is 1. The second-order valence-electron chi connectivity index (χ2n) is 6.70. The van der Waals surface area contributed by atoms with Crippen LogP contribution < -0.4 is 11.0 Å². The molecular formula is C19H22N6O2S. The van der Waals surface area contributed by atoms with Gasteiger partial charge in [0.15, 0.2) is 0 Å². The van der Waals surface area contributed by atoms with Gasteiger partial charge in [0, 0.05) is 17.0 Å². The van der Waals surface area contributed by atoms with Crippen molar-refractivity contribution in [1.29, 1.82) is 5.26 Å². The van der Waals surface area contributed by atoms with E-state index in [9.17, 15) is 9.59 Å². The fourth-order valence-electron chi connectivity index (χ4n) is 3.21. The van der Waals surface area contributed by atoms with Gasteiger partial charge in [-0.1, -0.05) is 0 Å². The third kappa shape index (κ3) is 3.68. The lowest BCUT2D eigenvalue weighted by atomic mass is 10.1. The van der Waals surface area contributed by atoms with Crippen LogP contribution in [0.3, 0.4) is 0 Å². The van der Waals surface area contributed by atoms with E-state index in [1.165, 1.54) is 17.7 Å². The molecule has 0 aliphatic rings. The molecule has 3 heterocycles. The molecule has 8 nitrogen and oxygen atoms in total. The van der Waals surface area contributed by atoms with E-state index in [0.29, 0.717) is 29.6 Å². The molecule has 28 heavy (non-hydrogen) atoms. The Bertz CT molecular complexity index is 1150. The summed E-state index contributed by atoms with van der Waals surface area (Å²) in [5.41, 5.74) is 6.08. The SMILES string of the molecule is Cc1nn(CCC#N)c(C)c1CCC(=O)Nn1cnc2sc(C)c(C)c2c1=O. The van der Waals surface area contributed by atoms with Crippen molar-refractivity contribution in [3.63, 3.8) is 0 Å². The van der Waals surface area contributed by atoms with Gasteiger partial charge in [-0.15, -0.1) is 11.3 Å². The van der Waals surface area contributed by atoms with Crippen molar-refractivity contribution in [1.82, 2.24) is 19.4 Å². The highest BCUT2D eigenvalue weighted by Gasteiger charge is 2.15. The number of nitrogens with zero attached hydrogens (tertiary/aromatic N) is 5. The molecule has 0 radical (unpaired) electrons. The molecule has 0 unspecified atom stereocenters. The van der Waals surface area contributed by atoms with Crippen molar-refractivity contribution < 1.29 is 4.79 Å². The van der Waals surface area contributed by atoms with Crippen molar-refractivity contribution in [2.75, 3.05) is 5.43 Å². The zero-order valence-corrected chi connectivity index (χ0v) is 17.2. The van der Waals surface area contributed by atoms with E-state index in [1.54, 1.807) is 4.68 Å². The van der Waals surface area contributed by atoms with Gasteiger partial charge in [-0.3, -0.25) is 19.7 Å². The molecule has 0 spiro atoms. The second kappa shape index (κ2) is 7.94. The number of nitrogens with one attached hydrogen (secondary N) is 1. The Morgan fingerprint density at radius 3 is 2.79 bits per heavy atom. The van der Waals surface area contributed by atoms with Crippen LogP contribution in [0.15, 0.2) is 11.1 Å². The summed E-state index contributed by atoms with van der Waals surface area (Å²) in [4.78, 5) is 31.1. The number of rotatable bonds is 6. The van der Waals surface area contributed by atoms with Crippen LogP contribution in [-0.4, -0.2) is 25.3 Å². The van der Waals surface area contributed by atoms with Gasteiger partial charge in [0.2, 0.25) is 5.91 Å². The van der Waals surface area contributed by atoms with Gasteiger partial charge in [0.05, 0.1) is 30.1 Å². The second-order valence-corrected chi connectivity index (χ2v) is 7.90. The van der Waals surface area contributed by atoms with E-state index < -0.39 is 0 Å². The van der Waals surface area contributed by atoms with Crippen LogP contribution in [0, 0.1) is 39.0 Å². The first-order valence-corrected chi connectivity index (χ1v) is 9.82. The van der Waals surface area contributed by atoms with Crippen molar-refractivity contribution in [3.8, 4) is 6.07 Å². The average Bonchev–Trinajstić information content (AvgIpc) is 3.10. The maximum absolute atomic E-state index is 12.7. The van der Waals surface area contributed by atoms with Crippen LogP contribution in [0.2, 0.25) is 0 Å². The van der Waals surface area contributed by atoms with Gasteiger partial charge >= 0.3 is 0 Å². The number of carbonyl (C=O) groups excluding carboxylic acids is 1. The highest BCUT2D eigenvalue weighted by Crippen LogP contribution is 2.25. The minimum Gasteiger partial charge on any atom is -0.273 e. The first-order valence-electron chi connectivity index (χ1n) is 9.00. The fraction of sp³-hybridized carbons (Fsp3) is 0.421. The van der Waals surface area contributed by atoms with E-state index in [4.69, 9.17) is 5.26 Å². The van der Waals surface area contributed by atoms with Crippen LogP contribution >= 0.6 is 11.3 Å². The Labute approximate surface area is 166 Å². The molecule has 1 N–H and O–H groups in total. The minimum absolute atomic E-state index is 0.220. The lowest BCUT2D eigenvalue weighted by molar-refractivity contribution is -0.117. The van der Waals surface area contributed by atoms with E-state index in [0.717, 1.165) is 32.1 Å². The molecule has 0 saturated carbocycles. The molecule has 9 heteroatoms. The fourth-order valence-corrected chi connectivity index (χ4v) is 4.20. The molecule has 0 bridgehead atoms. The zero-order valence-electron chi connectivity index (χ0n) is 16.4. The quantitative estimate of drug-likeness (QED) is 0.687. The number of aryl methyl sites for hydroxylation is 4. The van der Waals surface area contributed by atoms with Gasteiger partial charge in [0.1, 0.15) is 11.2 Å². The standard InChI is InChI=1S/C19H22N6O2S/c1-11-14(4)28-18-17(11)19(27)25(10-21-18)23-16(26)7-6-15-12(2)22-24(13(15)3)9-5-8-20/h10H,5-7,9H2,1-4H3,(H,23,26). The normalized spacial score (nSPS) is 11.0. The van der Waals surface area contributed by atoms with Crippen molar-refractivity contribution in [2.45, 2.75) is 53.5 Å². The topological polar surface area (TPSA) is 106 Å². The Morgan fingerprint density at radius 2 is 2.07 bits per heavy atom. The molecule has 3 aromatic rings. The first-order chi connectivity index (χ1) is 13.3. The zero-order chi connectivity index (χ0) is 20.4. The lowest BCUT2D eigenvalue weighted by Gasteiger charge is -2.08. The number of aromatic nitrogens is 4. The van der Waals surface area contributed by atoms with Crippen LogP contribution in [0.4, 0.5) is 0 Å². The predicted molar refractivity (Wildman–Crippen MR) is 108 cm³/mol. The molecule has 0 aromatic carbocycles. The third-order valence-electron chi connectivity index (χ3n) is 4.90. The molecule has 0 atom stereocenters. The van der Waals surface area contributed by atoms with Crippen molar-refractivity contribution in [2.24, 2.45) is 0 Å². The highest BCUT2D eigenvalue weighted by atomic mass is 32.1. The van der Waals surface area contributed by atoms with Gasteiger partial charge in [-0.2, -0.15) is 10.4 Å². The van der Waals surface area contributed by atoms with Crippen molar-refractivity contribution >= 4 is 27.5 Å². The minimum atomic E-state index is -0.267. The summed E-state index contributed by atoms with van der Waals surface area (Å²) in [6, 6.07) is 2.11. The van der Waals surface area contributed by atoms with E-state index in [1.807, 2.05) is 27.7 Å². The maximum atomic E-state index is 12.7. The molecular weight excluding hydrogens is 376 g/mol. The summed E-state index contributed by atoms with van der Waals surface area (Å²) < 4.78 is 2.95. The van der Waals surface area contributed by atoms with Crippen LogP contribution in [-0.2, 0) is 17.8 Å². The van der Waals surface area contributed by atoms with E-state index >= 15 is 0 Å². The van der Waals surface area contributed by atoms with E-state index in [2.05, 4.69) is 21.6 Å². The number of thiophene rings is 1. The molecule has 146 valence electrons. The summed E-state index contributed by atoms with van der Waals surface area (Å²) >= 11 is 1.47. The molecule has 1 amide bonds. The summed E-state index contributed by atoms with van der Waals surface area (Å²) in [7, 11) is 0. The summed E-state index contributed by atoms with van der Waals surface area (Å²) in [6.45, 7) is 8.21. The molecule has 3 aromatic heterocycles. The molecule has 0 aliphatic heterocycles. The summed E-state index contributed by atoms with van der Waals surface area (Å²) in [5.74, 6) is -0.267. The summed E-state index contributed by atoms with van der Waals surface area (Å²) in [6.07, 6.45) is 2.48. The van der Waals surface area contributed by atoms with Gasteiger partial charge < -0.3 is 0 Å². The highest BCUT2D eigenvalue weighted by molar-refractivity contribution is 7.18. The molecule has 0 fully saturated rings. The Morgan fingerprint density at radius 1 is 1.32 bits per heavy atom. The maximum Gasteiger partial charge on any atom is 0.281 e. The number of nitriles is 1. The van der Waals surface area contributed by atoms with Crippen LogP contribution in [0.5, 0.6) is 0 Å². The Kier molecular flexibility index (Phi) is 5.61. The number of hydrogen-bond acceptors (Lipinski definition) is 6. The number of hydrogen-bond donors (Lipinski definition) is 1. The van der Waals surface area contributed by atoms with E-state index in [-0.39, 0.29) is 17.9 Å². The summed E-state index contributed by atoms with van der Waals surface area (Å²) in [5, 5.41) is 13.7. The molecule has 0 saturated heterocycles. The first kappa shape index (κ1) is 19.8. The Balaban J connectivity index is 1.72. The molecule has 3 rings (SSSR count). The third-order valence-corrected chi connectivity index (χ3v) is 6.02. The van der Waals surface area contributed by atoms with Crippen LogP contribution in [0.25, 0.3) is 10.2 Å². The van der Waals surface area contributed by atoms with Gasteiger partial charge in [-0.25, -0.2) is 9.66 Å². The van der Waals surface area contributed by atoms with Gasteiger partial charge in [0.25, 0.3) is 5.56 Å². The number of amides is 1. The van der Waals surface area contributed by atoms with Crippen LogP contribution in [0.1, 0.15) is 40.2 Å². The largest absolute Gasteiger partial charge is 0.281 e. The lowest BCUT2D eigenvalue weighted by Crippen LogP contribution is -2.33. The smallest absolute Gasteiger partial charge is 0.273 e. The van der Waals surface area contributed by atoms with Gasteiger partial charge in [-0.05, 0) is 45.2 Å². The predicted octanol–water partition coefficient (Wildman–Crippen LogP) is 2.50.